The summed E-state index contributed by atoms with van der Waals surface area (Å²) in [5.41, 5.74) is 1.45. The summed E-state index contributed by atoms with van der Waals surface area (Å²) in [5.74, 6) is 0.666. The summed E-state index contributed by atoms with van der Waals surface area (Å²) < 4.78 is 17.8. The maximum Gasteiger partial charge on any atom is 0.358 e. The highest BCUT2D eigenvalue weighted by Gasteiger charge is 2.23. The highest BCUT2D eigenvalue weighted by molar-refractivity contribution is 5.93. The molecule has 132 valence electrons. The van der Waals surface area contributed by atoms with E-state index < -0.39 is 5.97 Å². The van der Waals surface area contributed by atoms with Crippen LogP contribution >= 0.6 is 0 Å². The minimum atomic E-state index is -1.16. The average molecular weight is 353 g/mol. The third-order valence-corrected chi connectivity index (χ3v) is 3.99. The maximum atomic E-state index is 11.6. The molecule has 0 radical (unpaired) electrons. The average Bonchev–Trinajstić information content (AvgIpc) is 3.13. The van der Waals surface area contributed by atoms with Gasteiger partial charge in [0.15, 0.2) is 17.2 Å². The number of nitrogens with zero attached hydrogens (tertiary/aromatic N) is 3. The van der Waals surface area contributed by atoms with Gasteiger partial charge in [-0.3, -0.25) is 0 Å². The molecule has 0 atom stereocenters. The highest BCUT2D eigenvalue weighted by Crippen LogP contribution is 2.34. The molecule has 3 aromatic rings. The fraction of sp³-hybridized carbons (Fsp3) is 0.167. The van der Waals surface area contributed by atoms with E-state index in [1.807, 2.05) is 0 Å². The second kappa shape index (κ2) is 6.40. The monoisotopic (exact) mass is 353 g/mol. The van der Waals surface area contributed by atoms with Crippen molar-refractivity contribution < 1.29 is 24.1 Å². The Kier molecular flexibility index (Phi) is 3.92. The first-order valence-corrected chi connectivity index (χ1v) is 7.91. The van der Waals surface area contributed by atoms with Gasteiger partial charge < -0.3 is 19.3 Å². The third kappa shape index (κ3) is 2.71. The van der Waals surface area contributed by atoms with Gasteiger partial charge >= 0.3 is 5.97 Å². The number of carbonyl (C=O) groups is 1. The number of aromatic carboxylic acids is 1. The van der Waals surface area contributed by atoms with E-state index in [1.165, 1.54) is 4.68 Å². The molecule has 4 rings (SSSR count). The van der Waals surface area contributed by atoms with Crippen LogP contribution in [0.1, 0.15) is 10.5 Å². The molecular formula is C18H15N3O5. The fourth-order valence-electron chi connectivity index (χ4n) is 2.80. The maximum absolute atomic E-state index is 11.6. The van der Waals surface area contributed by atoms with Gasteiger partial charge in [0.1, 0.15) is 24.7 Å². The molecule has 2 heterocycles. The lowest BCUT2D eigenvalue weighted by molar-refractivity contribution is 0.0691. The number of hydrogen-bond acceptors (Lipinski definition) is 6. The zero-order valence-corrected chi connectivity index (χ0v) is 13.9. The largest absolute Gasteiger partial charge is 0.497 e. The summed E-state index contributed by atoms with van der Waals surface area (Å²) in [6.07, 6.45) is 0. The molecule has 1 aliphatic rings. The number of aromatic nitrogens is 3. The molecule has 26 heavy (non-hydrogen) atoms. The summed E-state index contributed by atoms with van der Waals surface area (Å²) >= 11 is 0. The van der Waals surface area contributed by atoms with Crippen molar-refractivity contribution in [3.8, 4) is 34.2 Å². The van der Waals surface area contributed by atoms with Crippen LogP contribution in [0.4, 0.5) is 0 Å². The number of carboxylic acid groups (broad SMARTS) is 1. The Morgan fingerprint density at radius 2 is 1.96 bits per heavy atom. The van der Waals surface area contributed by atoms with Crippen molar-refractivity contribution in [3.05, 3.63) is 48.2 Å². The first kappa shape index (κ1) is 15.9. The van der Waals surface area contributed by atoms with E-state index in [4.69, 9.17) is 14.2 Å². The van der Waals surface area contributed by atoms with Gasteiger partial charge in [-0.25, -0.2) is 9.48 Å². The van der Waals surface area contributed by atoms with E-state index >= 15 is 0 Å². The van der Waals surface area contributed by atoms with Crippen LogP contribution in [0.15, 0.2) is 42.5 Å². The Balaban J connectivity index is 1.88. The fourth-order valence-corrected chi connectivity index (χ4v) is 2.80. The first-order chi connectivity index (χ1) is 12.7. The minimum Gasteiger partial charge on any atom is -0.497 e. The van der Waals surface area contributed by atoms with Gasteiger partial charge in [0.2, 0.25) is 0 Å². The molecule has 0 saturated heterocycles. The van der Waals surface area contributed by atoms with Gasteiger partial charge in [-0.1, -0.05) is 17.3 Å². The molecule has 8 heteroatoms. The van der Waals surface area contributed by atoms with Gasteiger partial charge in [0, 0.05) is 11.6 Å². The van der Waals surface area contributed by atoms with Gasteiger partial charge in [-0.05, 0) is 24.3 Å². The predicted octanol–water partition coefficient (Wildman–Crippen LogP) is 2.41. The predicted molar refractivity (Wildman–Crippen MR) is 91.3 cm³/mol. The lowest BCUT2D eigenvalue weighted by Crippen LogP contribution is -2.15. The lowest BCUT2D eigenvalue weighted by Gasteiger charge is -2.19. The van der Waals surface area contributed by atoms with Crippen molar-refractivity contribution in [1.29, 1.82) is 0 Å². The van der Waals surface area contributed by atoms with Crippen molar-refractivity contribution in [1.82, 2.24) is 15.0 Å². The summed E-state index contributed by atoms with van der Waals surface area (Å²) in [5, 5.41) is 17.4. The zero-order valence-electron chi connectivity index (χ0n) is 13.9. The van der Waals surface area contributed by atoms with Crippen molar-refractivity contribution in [3.63, 3.8) is 0 Å². The van der Waals surface area contributed by atoms with Crippen LogP contribution in [-0.2, 0) is 0 Å². The van der Waals surface area contributed by atoms with Crippen LogP contribution < -0.4 is 14.2 Å². The number of carboxylic acids is 1. The van der Waals surface area contributed by atoms with E-state index in [9.17, 15) is 9.90 Å². The van der Waals surface area contributed by atoms with E-state index in [1.54, 1.807) is 49.6 Å². The Morgan fingerprint density at radius 3 is 2.73 bits per heavy atom. The Labute approximate surface area is 148 Å². The zero-order chi connectivity index (χ0) is 18.1. The summed E-state index contributed by atoms with van der Waals surface area (Å²) in [6.45, 7) is 0.949. The summed E-state index contributed by atoms with van der Waals surface area (Å²) in [6, 6.07) is 12.4. The van der Waals surface area contributed by atoms with Crippen molar-refractivity contribution in [2.75, 3.05) is 20.3 Å². The normalized spacial score (nSPS) is 12.7. The van der Waals surface area contributed by atoms with E-state index in [0.717, 1.165) is 0 Å². The molecule has 1 N–H and O–H groups in total. The van der Waals surface area contributed by atoms with Crippen molar-refractivity contribution in [2.45, 2.75) is 0 Å². The van der Waals surface area contributed by atoms with Gasteiger partial charge in [0.25, 0.3) is 0 Å². The SMILES string of the molecule is COc1cccc(-c2c(C(=O)O)nnn2-c2ccc3c(c2)OCCO3)c1. The third-order valence-electron chi connectivity index (χ3n) is 3.99. The number of benzene rings is 2. The van der Waals surface area contributed by atoms with Crippen LogP contribution in [0.25, 0.3) is 16.9 Å². The molecule has 0 spiro atoms. The molecule has 0 fully saturated rings. The first-order valence-electron chi connectivity index (χ1n) is 7.91. The van der Waals surface area contributed by atoms with E-state index in [0.29, 0.717) is 47.4 Å². The van der Waals surface area contributed by atoms with Gasteiger partial charge in [0.05, 0.1) is 12.8 Å². The van der Waals surface area contributed by atoms with E-state index in [-0.39, 0.29) is 5.69 Å². The minimum absolute atomic E-state index is 0.145. The van der Waals surface area contributed by atoms with Gasteiger partial charge in [-0.2, -0.15) is 0 Å². The number of hydrogen-bond donors (Lipinski definition) is 1. The summed E-state index contributed by atoms with van der Waals surface area (Å²) in [7, 11) is 1.55. The molecule has 1 aliphatic heterocycles. The molecule has 8 nitrogen and oxygen atoms in total. The van der Waals surface area contributed by atoms with Crippen LogP contribution in [0.5, 0.6) is 17.2 Å². The Morgan fingerprint density at radius 1 is 1.15 bits per heavy atom. The molecule has 0 amide bonds. The lowest BCUT2D eigenvalue weighted by atomic mass is 10.1. The van der Waals surface area contributed by atoms with Crippen LogP contribution in [-0.4, -0.2) is 46.4 Å². The highest BCUT2D eigenvalue weighted by atomic mass is 16.6. The number of rotatable bonds is 4. The smallest absolute Gasteiger partial charge is 0.358 e. The molecular weight excluding hydrogens is 338 g/mol. The molecule has 0 aliphatic carbocycles. The quantitative estimate of drug-likeness (QED) is 0.769. The number of methoxy groups -OCH3 is 1. The number of fused-ring (bicyclic) bond motifs is 1. The molecule has 0 saturated carbocycles. The molecule has 1 aromatic heterocycles. The second-order valence-electron chi connectivity index (χ2n) is 5.56. The Hall–Kier alpha value is -3.55. The molecule has 2 aromatic carbocycles. The van der Waals surface area contributed by atoms with Gasteiger partial charge in [-0.15, -0.1) is 5.10 Å². The van der Waals surface area contributed by atoms with Crippen molar-refractivity contribution in [2.24, 2.45) is 0 Å². The van der Waals surface area contributed by atoms with Crippen LogP contribution in [0.3, 0.4) is 0 Å². The van der Waals surface area contributed by atoms with Crippen molar-refractivity contribution >= 4 is 5.97 Å². The second-order valence-corrected chi connectivity index (χ2v) is 5.56. The summed E-state index contributed by atoms with van der Waals surface area (Å²) in [4.78, 5) is 11.6. The molecule has 0 unspecified atom stereocenters. The Bertz CT molecular complexity index is 983. The topological polar surface area (TPSA) is 95.7 Å². The standard InChI is InChI=1S/C18H15N3O5/c1-24-13-4-2-3-11(9-13)17-16(18(22)23)19-20-21(17)12-5-6-14-15(10-12)26-8-7-25-14/h2-6,9-10H,7-8H2,1H3,(H,22,23). The van der Waals surface area contributed by atoms with E-state index in [2.05, 4.69) is 10.3 Å². The van der Waals surface area contributed by atoms with Crippen LogP contribution in [0, 0.1) is 0 Å². The number of ether oxygens (including phenoxy) is 3. The van der Waals surface area contributed by atoms with Crippen LogP contribution in [0.2, 0.25) is 0 Å². The molecule has 0 bridgehead atoms.